The number of rotatable bonds is 11. The number of carbonyl (C=O) groups excluding carboxylic acids is 3. The molecule has 292 valence electrons. The van der Waals surface area contributed by atoms with Crippen molar-refractivity contribution in [3.05, 3.63) is 115 Å². The Bertz CT molecular complexity index is 2370. The molecule has 1 atom stereocenters. The number of ether oxygens (including phenoxy) is 1. The predicted molar refractivity (Wildman–Crippen MR) is 199 cm³/mol. The Morgan fingerprint density at radius 3 is 2.24 bits per heavy atom. The SMILES string of the molecule is CC(C)OC(=O)[C@H](Cc1ccc(-n2c(=O)c3c(n(C)c2=O)CCCC3)cn1)NC(=O)c1cc(F)c(NS(=O)(=O)c2ccc(C(=O)NC(C)(C)C)cc2)cc1F. The fourth-order valence-electron chi connectivity index (χ4n) is 6.03. The summed E-state index contributed by atoms with van der Waals surface area (Å²) in [5.41, 5.74) is -1.23. The standard InChI is InChI=1S/C38H42F2N6O8S/c1-21(2)54-36(50)31(17-23-13-14-24(20-41-23)46-35(49)26-9-7-8-10-32(26)45(6)37(46)51)42-34(48)27-18-29(40)30(19-28(27)39)44-55(52,53)25-15-11-22(12-16-25)33(47)43-38(3,4)5/h11-16,18-21,31,44H,7-10,17H2,1-6H3,(H,42,48)(H,43,47)/t31-/m0/s1. The van der Waals surface area contributed by atoms with Gasteiger partial charge in [-0.05, 0) is 103 Å². The van der Waals surface area contributed by atoms with Crippen molar-refractivity contribution in [1.29, 1.82) is 0 Å². The third kappa shape index (κ3) is 9.33. The van der Waals surface area contributed by atoms with Gasteiger partial charge in [-0.15, -0.1) is 0 Å². The molecule has 2 aromatic heterocycles. The molecule has 17 heteroatoms. The quantitative estimate of drug-likeness (QED) is 0.191. The monoisotopic (exact) mass is 780 g/mol. The van der Waals surface area contributed by atoms with Gasteiger partial charge >= 0.3 is 11.7 Å². The summed E-state index contributed by atoms with van der Waals surface area (Å²) in [4.78, 5) is 69.1. The number of aromatic nitrogens is 3. The van der Waals surface area contributed by atoms with Crippen LogP contribution in [0, 0.1) is 11.6 Å². The summed E-state index contributed by atoms with van der Waals surface area (Å²) in [5.74, 6) is -5.14. The molecular formula is C38H42F2N6O8S. The molecule has 0 radical (unpaired) electrons. The average molecular weight is 781 g/mol. The van der Waals surface area contributed by atoms with Crippen LogP contribution in [0.4, 0.5) is 14.5 Å². The first-order chi connectivity index (χ1) is 25.8. The number of nitrogens with one attached hydrogen (secondary N) is 3. The number of fused-ring (bicyclic) bond motifs is 1. The Kier molecular flexibility index (Phi) is 11.7. The minimum absolute atomic E-state index is 0.180. The summed E-state index contributed by atoms with van der Waals surface area (Å²) in [6, 6.07) is 7.25. The lowest BCUT2D eigenvalue weighted by Crippen LogP contribution is -2.44. The minimum atomic E-state index is -4.47. The molecule has 0 unspecified atom stereocenters. The van der Waals surface area contributed by atoms with E-state index in [1.807, 2.05) is 4.72 Å². The van der Waals surface area contributed by atoms with E-state index in [0.717, 1.165) is 29.5 Å². The second-order valence-electron chi connectivity index (χ2n) is 14.5. The lowest BCUT2D eigenvalue weighted by Gasteiger charge is -2.21. The van der Waals surface area contributed by atoms with Gasteiger partial charge in [0.05, 0.1) is 34.1 Å². The Morgan fingerprint density at radius 2 is 1.62 bits per heavy atom. The van der Waals surface area contributed by atoms with Gasteiger partial charge in [0.25, 0.3) is 27.4 Å². The first-order valence-corrected chi connectivity index (χ1v) is 19.0. The first-order valence-electron chi connectivity index (χ1n) is 17.5. The van der Waals surface area contributed by atoms with Crippen molar-refractivity contribution >= 4 is 33.5 Å². The number of hydrogen-bond donors (Lipinski definition) is 3. The maximum Gasteiger partial charge on any atom is 0.335 e. The number of hydrogen-bond acceptors (Lipinski definition) is 9. The molecule has 0 bridgehead atoms. The summed E-state index contributed by atoms with van der Waals surface area (Å²) in [7, 11) is -2.86. The summed E-state index contributed by atoms with van der Waals surface area (Å²) < 4.78 is 66.3. The molecule has 5 rings (SSSR count). The number of anilines is 1. The third-order valence-corrected chi connectivity index (χ3v) is 10.0. The number of amides is 2. The molecular weight excluding hydrogens is 739 g/mol. The van der Waals surface area contributed by atoms with Crippen molar-refractivity contribution in [2.45, 2.75) is 89.3 Å². The van der Waals surface area contributed by atoms with Crippen LogP contribution in [0.5, 0.6) is 0 Å². The second-order valence-corrected chi connectivity index (χ2v) is 16.2. The zero-order valence-electron chi connectivity index (χ0n) is 31.2. The normalized spacial score (nSPS) is 13.5. The number of pyridine rings is 1. The molecule has 2 amide bonds. The average Bonchev–Trinajstić information content (AvgIpc) is 3.11. The number of carbonyl (C=O) groups is 3. The third-order valence-electron chi connectivity index (χ3n) is 8.67. The van der Waals surface area contributed by atoms with Gasteiger partial charge in [-0.1, -0.05) is 0 Å². The second kappa shape index (κ2) is 15.9. The topological polar surface area (TPSA) is 188 Å². The predicted octanol–water partition coefficient (Wildman–Crippen LogP) is 3.71. The molecule has 1 aliphatic carbocycles. The lowest BCUT2D eigenvalue weighted by atomic mass is 9.97. The maximum absolute atomic E-state index is 15.3. The van der Waals surface area contributed by atoms with Gasteiger partial charge in [0, 0.05) is 47.6 Å². The van der Waals surface area contributed by atoms with E-state index in [2.05, 4.69) is 15.6 Å². The molecule has 0 saturated heterocycles. The number of sulfonamides is 1. The largest absolute Gasteiger partial charge is 0.461 e. The van der Waals surface area contributed by atoms with Crippen LogP contribution in [0.1, 0.15) is 85.1 Å². The Labute approximate surface area is 316 Å². The van der Waals surface area contributed by atoms with Gasteiger partial charge in [0.1, 0.15) is 17.7 Å². The highest BCUT2D eigenvalue weighted by atomic mass is 32.2. The Balaban J connectivity index is 1.34. The molecule has 0 saturated carbocycles. The van der Waals surface area contributed by atoms with Gasteiger partial charge in [-0.2, -0.15) is 0 Å². The highest BCUT2D eigenvalue weighted by Gasteiger charge is 2.28. The molecule has 2 aromatic carbocycles. The fourth-order valence-corrected chi connectivity index (χ4v) is 7.09. The van der Waals surface area contributed by atoms with Crippen molar-refractivity contribution in [3.63, 3.8) is 0 Å². The Hall–Kier alpha value is -5.71. The first kappa shape index (κ1) is 40.5. The van der Waals surface area contributed by atoms with Crippen LogP contribution in [0.2, 0.25) is 0 Å². The van der Waals surface area contributed by atoms with Crippen LogP contribution < -0.4 is 26.6 Å². The number of esters is 1. The number of benzene rings is 2. The lowest BCUT2D eigenvalue weighted by molar-refractivity contribution is -0.149. The van der Waals surface area contributed by atoms with Gasteiger partial charge in [-0.3, -0.25) is 24.1 Å². The number of nitrogens with zero attached hydrogens (tertiary/aromatic N) is 3. The van der Waals surface area contributed by atoms with Gasteiger partial charge in [0.2, 0.25) is 0 Å². The summed E-state index contributed by atoms with van der Waals surface area (Å²) in [6.45, 7) is 8.49. The van der Waals surface area contributed by atoms with E-state index < -0.39 is 79.6 Å². The fraction of sp³-hybridized carbons (Fsp3) is 0.368. The molecule has 55 heavy (non-hydrogen) atoms. The van der Waals surface area contributed by atoms with Crippen molar-refractivity contribution in [2.24, 2.45) is 7.05 Å². The summed E-state index contributed by atoms with van der Waals surface area (Å²) in [6.07, 6.45) is 3.29. The summed E-state index contributed by atoms with van der Waals surface area (Å²) >= 11 is 0. The van der Waals surface area contributed by atoms with Crippen LogP contribution in [0.3, 0.4) is 0 Å². The van der Waals surface area contributed by atoms with E-state index >= 15 is 8.78 Å². The minimum Gasteiger partial charge on any atom is -0.461 e. The van der Waals surface area contributed by atoms with Gasteiger partial charge in [0.15, 0.2) is 0 Å². The van der Waals surface area contributed by atoms with Crippen LogP contribution in [-0.4, -0.2) is 58.0 Å². The molecule has 4 aromatic rings. The van der Waals surface area contributed by atoms with E-state index in [4.69, 9.17) is 4.74 Å². The van der Waals surface area contributed by atoms with Gasteiger partial charge in [-0.25, -0.2) is 31.4 Å². The molecule has 3 N–H and O–H groups in total. The highest BCUT2D eigenvalue weighted by molar-refractivity contribution is 7.92. The molecule has 0 fully saturated rings. The summed E-state index contributed by atoms with van der Waals surface area (Å²) in [5, 5.41) is 5.09. The smallest absolute Gasteiger partial charge is 0.335 e. The van der Waals surface area contributed by atoms with E-state index in [1.54, 1.807) is 41.7 Å². The number of halogens is 2. The zero-order valence-corrected chi connectivity index (χ0v) is 32.0. The Morgan fingerprint density at radius 1 is 0.945 bits per heavy atom. The van der Waals surface area contributed by atoms with Crippen LogP contribution in [0.15, 0.2) is 69.2 Å². The highest BCUT2D eigenvalue weighted by Crippen LogP contribution is 2.24. The van der Waals surface area contributed by atoms with E-state index in [-0.39, 0.29) is 28.3 Å². The van der Waals surface area contributed by atoms with Crippen molar-refractivity contribution in [3.8, 4) is 5.69 Å². The van der Waals surface area contributed by atoms with Crippen molar-refractivity contribution < 1.29 is 36.3 Å². The zero-order chi connectivity index (χ0) is 40.4. The van der Waals surface area contributed by atoms with Crippen LogP contribution in [-0.2, 0) is 45.9 Å². The van der Waals surface area contributed by atoms with Gasteiger partial charge < -0.3 is 19.9 Å². The van der Waals surface area contributed by atoms with E-state index in [0.29, 0.717) is 36.2 Å². The maximum atomic E-state index is 15.3. The van der Waals surface area contributed by atoms with E-state index in [9.17, 15) is 32.4 Å². The van der Waals surface area contributed by atoms with Crippen LogP contribution >= 0.6 is 0 Å². The molecule has 0 spiro atoms. The molecule has 14 nitrogen and oxygen atoms in total. The van der Waals surface area contributed by atoms with E-state index in [1.165, 1.54) is 35.0 Å². The van der Waals surface area contributed by atoms with Crippen LogP contribution in [0.25, 0.3) is 5.69 Å². The molecule has 1 aliphatic rings. The molecule has 0 aliphatic heterocycles. The van der Waals surface area contributed by atoms with Crippen molar-refractivity contribution in [1.82, 2.24) is 24.8 Å². The van der Waals surface area contributed by atoms with Crippen molar-refractivity contribution in [2.75, 3.05) is 4.72 Å². The molecule has 2 heterocycles.